The summed E-state index contributed by atoms with van der Waals surface area (Å²) in [7, 11) is 0. The molecular weight excluding hydrogens is 264 g/mol. The summed E-state index contributed by atoms with van der Waals surface area (Å²) in [4.78, 5) is 11.7. The molecule has 0 spiro atoms. The Hall–Kier alpha value is -2.14. The van der Waals surface area contributed by atoms with Crippen molar-refractivity contribution in [1.29, 1.82) is 0 Å². The summed E-state index contributed by atoms with van der Waals surface area (Å²) in [6.07, 6.45) is 1.18. The molecule has 0 saturated heterocycles. The number of nitrogens with zero attached hydrogens (tertiary/aromatic N) is 2. The molecule has 21 heavy (non-hydrogen) atoms. The lowest BCUT2D eigenvalue weighted by molar-refractivity contribution is -0.121. The molecule has 5 heteroatoms. The van der Waals surface area contributed by atoms with Crippen LogP contribution in [0, 0.1) is 13.8 Å². The SMILES string of the molecule is Cc1cc(C)n(-c2ccccc2CNC(=O)CCCN)n1. The van der Waals surface area contributed by atoms with Gasteiger partial charge in [0.2, 0.25) is 5.91 Å². The number of aryl methyl sites for hydroxylation is 2. The van der Waals surface area contributed by atoms with E-state index in [0.29, 0.717) is 25.9 Å². The van der Waals surface area contributed by atoms with Crippen LogP contribution < -0.4 is 11.1 Å². The van der Waals surface area contributed by atoms with Gasteiger partial charge in [-0.1, -0.05) is 18.2 Å². The summed E-state index contributed by atoms with van der Waals surface area (Å²) >= 11 is 0. The van der Waals surface area contributed by atoms with Gasteiger partial charge in [0.15, 0.2) is 0 Å². The van der Waals surface area contributed by atoms with E-state index in [4.69, 9.17) is 5.73 Å². The van der Waals surface area contributed by atoms with Crippen LogP contribution in [0.5, 0.6) is 0 Å². The second-order valence-corrected chi connectivity index (χ2v) is 5.14. The summed E-state index contributed by atoms with van der Waals surface area (Å²) < 4.78 is 1.91. The molecule has 0 unspecified atom stereocenters. The predicted molar refractivity (Wildman–Crippen MR) is 83.2 cm³/mol. The van der Waals surface area contributed by atoms with Gasteiger partial charge in [-0.2, -0.15) is 5.10 Å². The van der Waals surface area contributed by atoms with Crippen molar-refractivity contribution >= 4 is 5.91 Å². The lowest BCUT2D eigenvalue weighted by Crippen LogP contribution is -2.24. The van der Waals surface area contributed by atoms with E-state index >= 15 is 0 Å². The molecule has 1 heterocycles. The molecular formula is C16H22N4O. The van der Waals surface area contributed by atoms with Gasteiger partial charge in [-0.3, -0.25) is 4.79 Å². The largest absolute Gasteiger partial charge is 0.352 e. The van der Waals surface area contributed by atoms with Crippen molar-refractivity contribution in [3.8, 4) is 5.69 Å². The van der Waals surface area contributed by atoms with Crippen LogP contribution in [0.4, 0.5) is 0 Å². The Morgan fingerprint density at radius 3 is 2.76 bits per heavy atom. The highest BCUT2D eigenvalue weighted by atomic mass is 16.1. The number of aromatic nitrogens is 2. The van der Waals surface area contributed by atoms with Crippen molar-refractivity contribution in [3.63, 3.8) is 0 Å². The second kappa shape index (κ2) is 7.04. The summed E-state index contributed by atoms with van der Waals surface area (Å²) in [5, 5.41) is 7.44. The van der Waals surface area contributed by atoms with Gasteiger partial charge in [-0.05, 0) is 44.5 Å². The molecule has 1 amide bonds. The van der Waals surface area contributed by atoms with Gasteiger partial charge in [0.1, 0.15) is 0 Å². The van der Waals surface area contributed by atoms with E-state index in [2.05, 4.69) is 10.4 Å². The van der Waals surface area contributed by atoms with Gasteiger partial charge < -0.3 is 11.1 Å². The lowest BCUT2D eigenvalue weighted by atomic mass is 10.1. The zero-order valence-corrected chi connectivity index (χ0v) is 12.6. The van der Waals surface area contributed by atoms with Gasteiger partial charge in [-0.25, -0.2) is 4.68 Å². The molecule has 3 N–H and O–H groups in total. The van der Waals surface area contributed by atoms with E-state index in [0.717, 1.165) is 22.6 Å². The highest BCUT2D eigenvalue weighted by molar-refractivity contribution is 5.75. The van der Waals surface area contributed by atoms with Crippen LogP contribution in [0.2, 0.25) is 0 Å². The molecule has 0 radical (unpaired) electrons. The average molecular weight is 286 g/mol. The van der Waals surface area contributed by atoms with Crippen molar-refractivity contribution < 1.29 is 4.79 Å². The first-order valence-corrected chi connectivity index (χ1v) is 7.20. The van der Waals surface area contributed by atoms with Crippen LogP contribution >= 0.6 is 0 Å². The molecule has 0 aliphatic carbocycles. The Bertz CT molecular complexity index is 618. The summed E-state index contributed by atoms with van der Waals surface area (Å²) in [6.45, 7) is 5.03. The third kappa shape index (κ3) is 3.92. The molecule has 0 aliphatic rings. The molecule has 0 aliphatic heterocycles. The minimum absolute atomic E-state index is 0.0311. The van der Waals surface area contributed by atoms with E-state index in [1.807, 2.05) is 48.9 Å². The molecule has 5 nitrogen and oxygen atoms in total. The number of benzene rings is 1. The zero-order chi connectivity index (χ0) is 15.2. The Morgan fingerprint density at radius 2 is 2.10 bits per heavy atom. The van der Waals surface area contributed by atoms with Crippen LogP contribution in [-0.4, -0.2) is 22.2 Å². The van der Waals surface area contributed by atoms with Gasteiger partial charge >= 0.3 is 0 Å². The Balaban J connectivity index is 2.14. The highest BCUT2D eigenvalue weighted by Crippen LogP contribution is 2.16. The Morgan fingerprint density at radius 1 is 1.33 bits per heavy atom. The minimum atomic E-state index is 0.0311. The second-order valence-electron chi connectivity index (χ2n) is 5.14. The molecule has 1 aromatic carbocycles. The van der Waals surface area contributed by atoms with Crippen molar-refractivity contribution in [2.75, 3.05) is 6.54 Å². The third-order valence-electron chi connectivity index (χ3n) is 3.31. The number of nitrogens with one attached hydrogen (secondary N) is 1. The van der Waals surface area contributed by atoms with Crippen LogP contribution in [0.25, 0.3) is 5.69 Å². The molecule has 2 aromatic rings. The maximum atomic E-state index is 11.7. The number of rotatable bonds is 6. The monoisotopic (exact) mass is 286 g/mol. The highest BCUT2D eigenvalue weighted by Gasteiger charge is 2.09. The van der Waals surface area contributed by atoms with E-state index in [9.17, 15) is 4.79 Å². The van der Waals surface area contributed by atoms with E-state index in [1.165, 1.54) is 0 Å². The lowest BCUT2D eigenvalue weighted by Gasteiger charge is -2.12. The molecule has 0 fully saturated rings. The number of nitrogens with two attached hydrogens (primary N) is 1. The van der Waals surface area contributed by atoms with E-state index in [1.54, 1.807) is 0 Å². The first-order chi connectivity index (χ1) is 10.1. The summed E-state index contributed by atoms with van der Waals surface area (Å²) in [5.74, 6) is 0.0311. The predicted octanol–water partition coefficient (Wildman–Crippen LogP) is 1.84. The number of amides is 1. The standard InChI is InChI=1S/C16H22N4O/c1-12-10-13(2)20(19-12)15-7-4-3-6-14(15)11-18-16(21)8-5-9-17/h3-4,6-7,10H,5,8-9,11,17H2,1-2H3,(H,18,21). The van der Waals surface area contributed by atoms with E-state index < -0.39 is 0 Å². The molecule has 0 saturated carbocycles. The first kappa shape index (κ1) is 15.3. The van der Waals surface area contributed by atoms with Gasteiger partial charge in [0.25, 0.3) is 0 Å². The van der Waals surface area contributed by atoms with Crippen molar-refractivity contribution in [1.82, 2.24) is 15.1 Å². The maximum Gasteiger partial charge on any atom is 0.220 e. The fourth-order valence-corrected chi connectivity index (χ4v) is 2.28. The van der Waals surface area contributed by atoms with E-state index in [-0.39, 0.29) is 5.91 Å². The smallest absolute Gasteiger partial charge is 0.220 e. The first-order valence-electron chi connectivity index (χ1n) is 7.20. The van der Waals surface area contributed by atoms with Crippen LogP contribution in [0.1, 0.15) is 29.8 Å². The van der Waals surface area contributed by atoms with Crippen LogP contribution in [-0.2, 0) is 11.3 Å². The number of hydrogen-bond acceptors (Lipinski definition) is 3. The number of hydrogen-bond donors (Lipinski definition) is 2. The fraction of sp³-hybridized carbons (Fsp3) is 0.375. The Kier molecular flexibility index (Phi) is 5.11. The zero-order valence-electron chi connectivity index (χ0n) is 12.6. The molecule has 2 rings (SSSR count). The third-order valence-corrected chi connectivity index (χ3v) is 3.31. The van der Waals surface area contributed by atoms with Crippen LogP contribution in [0.15, 0.2) is 30.3 Å². The quantitative estimate of drug-likeness (QED) is 0.851. The molecule has 0 bridgehead atoms. The molecule has 1 aromatic heterocycles. The number of carbonyl (C=O) groups excluding carboxylic acids is 1. The van der Waals surface area contributed by atoms with Crippen molar-refractivity contribution in [3.05, 3.63) is 47.3 Å². The minimum Gasteiger partial charge on any atom is -0.352 e. The average Bonchev–Trinajstić information content (AvgIpc) is 2.81. The van der Waals surface area contributed by atoms with Gasteiger partial charge in [0.05, 0.1) is 11.4 Å². The molecule has 0 atom stereocenters. The summed E-state index contributed by atoms with van der Waals surface area (Å²) in [6, 6.07) is 10.0. The number of carbonyl (C=O) groups is 1. The van der Waals surface area contributed by atoms with Crippen molar-refractivity contribution in [2.24, 2.45) is 5.73 Å². The van der Waals surface area contributed by atoms with Crippen LogP contribution in [0.3, 0.4) is 0 Å². The topological polar surface area (TPSA) is 72.9 Å². The molecule has 112 valence electrons. The maximum absolute atomic E-state index is 11.7. The van der Waals surface area contributed by atoms with Gasteiger partial charge in [0, 0.05) is 18.7 Å². The van der Waals surface area contributed by atoms with Crippen molar-refractivity contribution in [2.45, 2.75) is 33.2 Å². The fourth-order valence-electron chi connectivity index (χ4n) is 2.28. The Labute approximate surface area is 125 Å². The normalized spacial score (nSPS) is 10.6. The number of para-hydroxylation sites is 1. The summed E-state index contributed by atoms with van der Waals surface area (Å²) in [5.41, 5.74) is 9.52. The van der Waals surface area contributed by atoms with Gasteiger partial charge in [-0.15, -0.1) is 0 Å².